The molecule has 0 aliphatic rings. The molecule has 20 heavy (non-hydrogen) atoms. The van der Waals surface area contributed by atoms with E-state index in [1.54, 1.807) is 7.05 Å². The highest BCUT2D eigenvalue weighted by atomic mass is 32.2. The number of nitrogens with one attached hydrogen (secondary N) is 1. The Kier molecular flexibility index (Phi) is 7.19. The summed E-state index contributed by atoms with van der Waals surface area (Å²) in [6.45, 7) is 6.31. The van der Waals surface area contributed by atoms with Crippen LogP contribution in [0.3, 0.4) is 0 Å². The maximum Gasteiger partial charge on any atom is 0.214 e. The Bertz CT molecular complexity index is 500. The molecule has 0 unspecified atom stereocenters. The van der Waals surface area contributed by atoms with E-state index in [4.69, 9.17) is 0 Å². The van der Waals surface area contributed by atoms with Crippen molar-refractivity contribution >= 4 is 10.0 Å². The van der Waals surface area contributed by atoms with E-state index < -0.39 is 10.0 Å². The third-order valence-corrected chi connectivity index (χ3v) is 5.27. The minimum atomic E-state index is -3.16. The molecule has 0 radical (unpaired) electrons. The molecule has 0 aliphatic carbocycles. The van der Waals surface area contributed by atoms with Gasteiger partial charge in [-0.15, -0.1) is 0 Å². The molecular formula is C15H26N2O2S. The highest BCUT2D eigenvalue weighted by molar-refractivity contribution is 7.89. The maximum absolute atomic E-state index is 12.2. The van der Waals surface area contributed by atoms with E-state index in [0.29, 0.717) is 13.0 Å². The Labute approximate surface area is 123 Å². The Hall–Kier alpha value is -0.910. The molecule has 4 nitrogen and oxygen atoms in total. The van der Waals surface area contributed by atoms with Gasteiger partial charge in [-0.05, 0) is 44.0 Å². The molecule has 1 N–H and O–H groups in total. The monoisotopic (exact) mass is 298 g/mol. The summed E-state index contributed by atoms with van der Waals surface area (Å²) in [5.74, 6) is 0.223. The molecule has 0 saturated heterocycles. The second-order valence-corrected chi connectivity index (χ2v) is 7.25. The van der Waals surface area contributed by atoms with E-state index in [2.05, 4.69) is 5.32 Å². The van der Waals surface area contributed by atoms with Gasteiger partial charge in [0, 0.05) is 13.6 Å². The lowest BCUT2D eigenvalue weighted by Crippen LogP contribution is -2.29. The minimum Gasteiger partial charge on any atom is -0.317 e. The largest absolute Gasteiger partial charge is 0.317 e. The Morgan fingerprint density at radius 3 is 2.55 bits per heavy atom. The van der Waals surface area contributed by atoms with Crippen LogP contribution in [0.15, 0.2) is 24.3 Å². The van der Waals surface area contributed by atoms with Gasteiger partial charge in [0.1, 0.15) is 0 Å². The van der Waals surface area contributed by atoms with Crippen molar-refractivity contribution in [1.82, 2.24) is 9.62 Å². The fraction of sp³-hybridized carbons (Fsp3) is 0.600. The van der Waals surface area contributed by atoms with Crippen LogP contribution in [0.25, 0.3) is 0 Å². The van der Waals surface area contributed by atoms with Gasteiger partial charge >= 0.3 is 0 Å². The SMILES string of the molecule is CCNCCCCS(=O)(=O)N(C)Cc1ccccc1C. The first-order valence-corrected chi connectivity index (χ1v) is 8.77. The lowest BCUT2D eigenvalue weighted by atomic mass is 10.1. The van der Waals surface area contributed by atoms with Crippen LogP contribution in [-0.4, -0.2) is 38.6 Å². The summed E-state index contributed by atoms with van der Waals surface area (Å²) in [6.07, 6.45) is 1.60. The molecule has 1 rings (SSSR count). The van der Waals surface area contributed by atoms with Crippen molar-refractivity contribution in [3.8, 4) is 0 Å². The Morgan fingerprint density at radius 1 is 1.20 bits per heavy atom. The van der Waals surface area contributed by atoms with Gasteiger partial charge in [0.2, 0.25) is 10.0 Å². The van der Waals surface area contributed by atoms with Crippen molar-refractivity contribution in [2.75, 3.05) is 25.9 Å². The van der Waals surface area contributed by atoms with Crippen LogP contribution in [0.4, 0.5) is 0 Å². The van der Waals surface area contributed by atoms with E-state index in [1.165, 1.54) is 4.31 Å². The number of hydrogen-bond donors (Lipinski definition) is 1. The van der Waals surface area contributed by atoms with Crippen LogP contribution in [0.5, 0.6) is 0 Å². The predicted molar refractivity (Wildman–Crippen MR) is 84.2 cm³/mol. The van der Waals surface area contributed by atoms with Crippen LogP contribution in [0, 0.1) is 6.92 Å². The smallest absolute Gasteiger partial charge is 0.214 e. The number of rotatable bonds is 9. The molecule has 0 bridgehead atoms. The number of sulfonamides is 1. The van der Waals surface area contributed by atoms with Gasteiger partial charge in [0.05, 0.1) is 5.75 Å². The molecule has 0 saturated carbocycles. The molecule has 0 aromatic heterocycles. The number of hydrogen-bond acceptors (Lipinski definition) is 3. The van der Waals surface area contributed by atoms with Crippen molar-refractivity contribution in [2.24, 2.45) is 0 Å². The molecule has 1 aromatic rings. The maximum atomic E-state index is 12.2. The number of benzene rings is 1. The fourth-order valence-electron chi connectivity index (χ4n) is 1.99. The quantitative estimate of drug-likeness (QED) is 0.711. The third-order valence-electron chi connectivity index (χ3n) is 3.38. The Balaban J connectivity index is 2.48. The van der Waals surface area contributed by atoms with E-state index in [-0.39, 0.29) is 5.75 Å². The third kappa shape index (κ3) is 5.61. The summed E-state index contributed by atoms with van der Waals surface area (Å²) in [6, 6.07) is 7.89. The average Bonchev–Trinajstić information content (AvgIpc) is 2.41. The number of nitrogens with zero attached hydrogens (tertiary/aromatic N) is 1. The summed E-state index contributed by atoms with van der Waals surface area (Å²) in [4.78, 5) is 0. The first-order chi connectivity index (χ1) is 9.47. The van der Waals surface area contributed by atoms with Gasteiger partial charge in [0.15, 0.2) is 0 Å². The second-order valence-electron chi connectivity index (χ2n) is 5.06. The highest BCUT2D eigenvalue weighted by Crippen LogP contribution is 2.12. The molecule has 0 fully saturated rings. The van der Waals surface area contributed by atoms with Gasteiger partial charge in [-0.25, -0.2) is 12.7 Å². The Morgan fingerprint density at radius 2 is 1.90 bits per heavy atom. The van der Waals surface area contributed by atoms with Gasteiger partial charge in [-0.3, -0.25) is 0 Å². The summed E-state index contributed by atoms with van der Waals surface area (Å²) in [5.41, 5.74) is 2.19. The van der Waals surface area contributed by atoms with Crippen LogP contribution in [0.2, 0.25) is 0 Å². The van der Waals surface area contributed by atoms with Crippen molar-refractivity contribution in [3.05, 3.63) is 35.4 Å². The van der Waals surface area contributed by atoms with Gasteiger partial charge < -0.3 is 5.32 Å². The molecule has 0 atom stereocenters. The average molecular weight is 298 g/mol. The standard InChI is InChI=1S/C15H26N2O2S/c1-4-16-11-7-8-12-20(18,19)17(3)13-15-10-6-5-9-14(15)2/h5-6,9-10,16H,4,7-8,11-13H2,1-3H3. The van der Waals surface area contributed by atoms with Gasteiger partial charge in [-0.2, -0.15) is 0 Å². The molecular weight excluding hydrogens is 272 g/mol. The summed E-state index contributed by atoms with van der Waals surface area (Å²) < 4.78 is 25.8. The van der Waals surface area contributed by atoms with Gasteiger partial charge in [0.25, 0.3) is 0 Å². The van der Waals surface area contributed by atoms with Gasteiger partial charge in [-0.1, -0.05) is 31.2 Å². The molecule has 5 heteroatoms. The van der Waals surface area contributed by atoms with E-state index >= 15 is 0 Å². The first kappa shape index (κ1) is 17.1. The zero-order valence-corrected chi connectivity index (χ0v) is 13.5. The molecule has 1 aromatic carbocycles. The fourth-order valence-corrected chi connectivity index (χ4v) is 3.21. The van der Waals surface area contributed by atoms with Crippen molar-refractivity contribution in [1.29, 1.82) is 0 Å². The number of unbranched alkanes of at least 4 members (excludes halogenated alkanes) is 1. The summed E-state index contributed by atoms with van der Waals surface area (Å²) in [5, 5.41) is 3.20. The molecule has 114 valence electrons. The summed E-state index contributed by atoms with van der Waals surface area (Å²) >= 11 is 0. The first-order valence-electron chi connectivity index (χ1n) is 7.16. The lowest BCUT2D eigenvalue weighted by molar-refractivity contribution is 0.463. The minimum absolute atomic E-state index is 0.223. The van der Waals surface area contributed by atoms with E-state index in [0.717, 1.165) is 30.6 Å². The van der Waals surface area contributed by atoms with Crippen molar-refractivity contribution < 1.29 is 8.42 Å². The van der Waals surface area contributed by atoms with Crippen LogP contribution >= 0.6 is 0 Å². The second kappa shape index (κ2) is 8.39. The molecule has 0 heterocycles. The van der Waals surface area contributed by atoms with E-state index in [1.807, 2.05) is 38.1 Å². The summed E-state index contributed by atoms with van der Waals surface area (Å²) in [7, 11) is -1.50. The van der Waals surface area contributed by atoms with Crippen molar-refractivity contribution in [3.63, 3.8) is 0 Å². The lowest BCUT2D eigenvalue weighted by Gasteiger charge is -2.18. The normalized spacial score (nSPS) is 12.0. The van der Waals surface area contributed by atoms with Crippen LogP contribution < -0.4 is 5.32 Å². The van der Waals surface area contributed by atoms with Crippen LogP contribution in [-0.2, 0) is 16.6 Å². The van der Waals surface area contributed by atoms with Crippen LogP contribution in [0.1, 0.15) is 30.9 Å². The molecule has 0 amide bonds. The highest BCUT2D eigenvalue weighted by Gasteiger charge is 2.17. The zero-order chi connectivity index (χ0) is 15.0. The van der Waals surface area contributed by atoms with E-state index in [9.17, 15) is 8.42 Å². The predicted octanol–water partition coefficient (Wildman–Crippen LogP) is 2.15. The van der Waals surface area contributed by atoms with Crippen molar-refractivity contribution in [2.45, 2.75) is 33.2 Å². The molecule has 0 aliphatic heterocycles. The number of aryl methyl sites for hydroxylation is 1. The topological polar surface area (TPSA) is 49.4 Å². The zero-order valence-electron chi connectivity index (χ0n) is 12.7. The molecule has 0 spiro atoms.